The van der Waals surface area contributed by atoms with Crippen LogP contribution < -0.4 is 11.1 Å². The molecule has 2 N–H and O–H groups in total. The number of aromatic amines is 1. The van der Waals surface area contributed by atoms with Crippen LogP contribution in [0.4, 0.5) is 0 Å². The lowest BCUT2D eigenvalue weighted by molar-refractivity contribution is -0.122. The van der Waals surface area contributed by atoms with Crippen molar-refractivity contribution in [2.24, 2.45) is 5.92 Å². The van der Waals surface area contributed by atoms with Crippen LogP contribution >= 0.6 is 0 Å². The molecule has 6 heteroatoms. The fraction of sp³-hybridized carbons (Fsp3) is 0.556. The quantitative estimate of drug-likeness (QED) is 0.852. The van der Waals surface area contributed by atoms with Crippen molar-refractivity contribution >= 4 is 17.0 Å². The molecule has 6 nitrogen and oxygen atoms in total. The molecular weight excluding hydrogens is 308 g/mol. The molecule has 1 aromatic carbocycles. The van der Waals surface area contributed by atoms with Crippen LogP contribution in [0.5, 0.6) is 0 Å². The first-order valence-electron chi connectivity index (χ1n) is 8.56. The van der Waals surface area contributed by atoms with Crippen LogP contribution in [-0.2, 0) is 9.53 Å². The van der Waals surface area contributed by atoms with Gasteiger partial charge in [0.05, 0.1) is 17.7 Å². The van der Waals surface area contributed by atoms with E-state index in [-0.39, 0.29) is 24.0 Å². The third-order valence-electron chi connectivity index (χ3n) is 4.50. The van der Waals surface area contributed by atoms with Gasteiger partial charge in [-0.3, -0.25) is 9.78 Å². The number of hydrogen-bond donors (Lipinski definition) is 2. The molecule has 1 aliphatic rings. The van der Waals surface area contributed by atoms with Crippen LogP contribution in [0.3, 0.4) is 0 Å². The maximum Gasteiger partial charge on any atom is 0.417 e. The Hall–Kier alpha value is -2.08. The number of benzene rings is 1. The van der Waals surface area contributed by atoms with E-state index in [4.69, 9.17) is 9.15 Å². The zero-order valence-corrected chi connectivity index (χ0v) is 14.1. The molecular formula is C18H24N2O4. The number of amides is 1. The molecule has 1 saturated heterocycles. The summed E-state index contributed by atoms with van der Waals surface area (Å²) in [4.78, 5) is 26.2. The smallest absolute Gasteiger partial charge is 0.408 e. The second-order valence-electron chi connectivity index (χ2n) is 6.73. The summed E-state index contributed by atoms with van der Waals surface area (Å²) >= 11 is 0. The van der Waals surface area contributed by atoms with Crippen molar-refractivity contribution in [1.82, 2.24) is 10.3 Å². The van der Waals surface area contributed by atoms with Crippen molar-refractivity contribution in [2.45, 2.75) is 51.7 Å². The number of carbonyl (C=O) groups is 1. The molecule has 2 aromatic rings. The first kappa shape index (κ1) is 16.8. The largest absolute Gasteiger partial charge is 0.417 e. The molecule has 0 bridgehead atoms. The Balaban J connectivity index is 1.68. The lowest BCUT2D eigenvalue weighted by Gasteiger charge is -2.23. The summed E-state index contributed by atoms with van der Waals surface area (Å²) in [6.45, 7) is 4.92. The van der Waals surface area contributed by atoms with E-state index < -0.39 is 5.76 Å². The fourth-order valence-electron chi connectivity index (χ4n) is 3.20. The highest BCUT2D eigenvalue weighted by atomic mass is 16.5. The summed E-state index contributed by atoms with van der Waals surface area (Å²) in [5.41, 5.74) is 2.11. The molecule has 0 saturated carbocycles. The first-order chi connectivity index (χ1) is 11.5. The monoisotopic (exact) mass is 332 g/mol. The maximum atomic E-state index is 12.3. The van der Waals surface area contributed by atoms with Crippen LogP contribution in [-0.4, -0.2) is 23.6 Å². The predicted molar refractivity (Wildman–Crippen MR) is 90.8 cm³/mol. The maximum absolute atomic E-state index is 12.3. The summed E-state index contributed by atoms with van der Waals surface area (Å²) in [5.74, 6) is -0.219. The number of oxazole rings is 1. The number of carbonyl (C=O) groups excluding carboxylic acids is 1. The molecule has 0 spiro atoms. The number of H-pyrrole nitrogens is 1. The fourth-order valence-corrected chi connectivity index (χ4v) is 3.20. The Morgan fingerprint density at radius 2 is 2.25 bits per heavy atom. The van der Waals surface area contributed by atoms with Gasteiger partial charge < -0.3 is 14.5 Å². The zero-order chi connectivity index (χ0) is 17.1. The van der Waals surface area contributed by atoms with Crippen molar-refractivity contribution in [3.05, 3.63) is 34.3 Å². The third-order valence-corrected chi connectivity index (χ3v) is 4.50. The highest BCUT2D eigenvalue weighted by Crippen LogP contribution is 2.25. The van der Waals surface area contributed by atoms with Crippen molar-refractivity contribution in [1.29, 1.82) is 0 Å². The summed E-state index contributed by atoms with van der Waals surface area (Å²) in [7, 11) is 0. The summed E-state index contributed by atoms with van der Waals surface area (Å²) < 4.78 is 10.7. The minimum absolute atomic E-state index is 0.0276. The molecule has 0 unspecified atom stereocenters. The third kappa shape index (κ3) is 3.87. The molecule has 1 amide bonds. The molecule has 2 heterocycles. The number of nitrogens with one attached hydrogen (secondary N) is 2. The van der Waals surface area contributed by atoms with Crippen molar-refractivity contribution in [3.8, 4) is 0 Å². The minimum Gasteiger partial charge on any atom is -0.408 e. The van der Waals surface area contributed by atoms with Gasteiger partial charge in [-0.15, -0.1) is 0 Å². The Morgan fingerprint density at radius 1 is 1.42 bits per heavy atom. The summed E-state index contributed by atoms with van der Waals surface area (Å²) in [5, 5.41) is 3.10. The second-order valence-corrected chi connectivity index (χ2v) is 6.73. The van der Waals surface area contributed by atoms with Crippen LogP contribution in [0.1, 0.15) is 51.1 Å². The first-order valence-corrected chi connectivity index (χ1v) is 8.56. The number of rotatable bonds is 6. The van der Waals surface area contributed by atoms with Crippen LogP contribution in [0.15, 0.2) is 27.4 Å². The van der Waals surface area contributed by atoms with Gasteiger partial charge in [-0.1, -0.05) is 19.9 Å². The summed E-state index contributed by atoms with van der Waals surface area (Å²) in [6, 6.07) is 5.42. The highest BCUT2D eigenvalue weighted by Gasteiger charge is 2.21. The van der Waals surface area contributed by atoms with E-state index in [2.05, 4.69) is 24.1 Å². The van der Waals surface area contributed by atoms with Gasteiger partial charge in [0, 0.05) is 13.0 Å². The number of fused-ring (bicyclic) bond motifs is 1. The minimum atomic E-state index is -0.469. The van der Waals surface area contributed by atoms with E-state index in [1.165, 1.54) is 0 Å². The SMILES string of the molecule is CC(C)[C@@H](NC(=O)CC[C@H]1CCCO1)c1ccc2[nH]c(=O)oc2c1. The molecule has 0 aliphatic carbocycles. The van der Waals surface area contributed by atoms with Gasteiger partial charge in [0.25, 0.3) is 0 Å². The van der Waals surface area contributed by atoms with E-state index >= 15 is 0 Å². The van der Waals surface area contributed by atoms with E-state index in [9.17, 15) is 9.59 Å². The normalized spacial score (nSPS) is 19.0. The lowest BCUT2D eigenvalue weighted by atomic mass is 9.95. The van der Waals surface area contributed by atoms with E-state index in [0.29, 0.717) is 17.5 Å². The average molecular weight is 332 g/mol. The average Bonchev–Trinajstić information content (AvgIpc) is 3.17. The Morgan fingerprint density at radius 3 is 2.96 bits per heavy atom. The van der Waals surface area contributed by atoms with E-state index in [1.807, 2.05) is 18.2 Å². The topological polar surface area (TPSA) is 84.3 Å². The van der Waals surface area contributed by atoms with Gasteiger partial charge in [-0.05, 0) is 42.9 Å². The van der Waals surface area contributed by atoms with Gasteiger partial charge in [0.15, 0.2) is 5.58 Å². The number of hydrogen-bond acceptors (Lipinski definition) is 4. The summed E-state index contributed by atoms with van der Waals surface area (Å²) in [6.07, 6.45) is 3.59. The molecule has 3 rings (SSSR count). The Bertz CT molecular complexity index is 756. The molecule has 0 radical (unpaired) electrons. The Kier molecular flexibility index (Phi) is 5.04. The van der Waals surface area contributed by atoms with Crippen molar-refractivity contribution in [3.63, 3.8) is 0 Å². The van der Waals surface area contributed by atoms with Crippen LogP contribution in [0.25, 0.3) is 11.1 Å². The zero-order valence-electron chi connectivity index (χ0n) is 14.1. The van der Waals surface area contributed by atoms with Crippen molar-refractivity contribution < 1.29 is 13.9 Å². The molecule has 1 aromatic heterocycles. The molecule has 130 valence electrons. The Labute approximate surface area is 140 Å². The number of aromatic nitrogens is 1. The van der Waals surface area contributed by atoms with E-state index in [1.54, 1.807) is 0 Å². The molecule has 1 aliphatic heterocycles. The van der Waals surface area contributed by atoms with Crippen molar-refractivity contribution in [2.75, 3.05) is 6.61 Å². The predicted octanol–water partition coefficient (Wildman–Crippen LogP) is 2.89. The van der Waals surface area contributed by atoms with Crippen LogP contribution in [0, 0.1) is 5.92 Å². The van der Waals surface area contributed by atoms with Crippen LogP contribution in [0.2, 0.25) is 0 Å². The van der Waals surface area contributed by atoms with Gasteiger partial charge in [0.1, 0.15) is 0 Å². The van der Waals surface area contributed by atoms with Gasteiger partial charge >= 0.3 is 5.76 Å². The van der Waals surface area contributed by atoms with Gasteiger partial charge in [0.2, 0.25) is 5.91 Å². The van der Waals surface area contributed by atoms with Gasteiger partial charge in [-0.25, -0.2) is 4.79 Å². The lowest BCUT2D eigenvalue weighted by Crippen LogP contribution is -2.32. The van der Waals surface area contributed by atoms with Gasteiger partial charge in [-0.2, -0.15) is 0 Å². The molecule has 2 atom stereocenters. The standard InChI is InChI=1S/C18H24N2O4/c1-11(2)17(20-16(21)8-6-13-4-3-9-23-13)12-5-7-14-15(10-12)24-18(22)19-14/h5,7,10-11,13,17H,3-4,6,8-9H2,1-2H3,(H,19,22)(H,20,21)/t13-,17-/m1/s1. The second kappa shape index (κ2) is 7.21. The highest BCUT2D eigenvalue weighted by molar-refractivity contribution is 5.77. The number of ether oxygens (including phenoxy) is 1. The molecule has 24 heavy (non-hydrogen) atoms. The van der Waals surface area contributed by atoms with E-state index in [0.717, 1.165) is 31.4 Å². The molecule has 1 fully saturated rings.